The maximum absolute atomic E-state index is 3.75. The number of hydrogen-bond acceptors (Lipinski definition) is 1. The summed E-state index contributed by atoms with van der Waals surface area (Å²) in [4.78, 5) is 0. The van der Waals surface area contributed by atoms with Gasteiger partial charge < -0.3 is 0 Å². The van der Waals surface area contributed by atoms with Crippen LogP contribution in [0.1, 0.15) is 37.7 Å². The van der Waals surface area contributed by atoms with Gasteiger partial charge in [-0.25, -0.2) is 10.0 Å². The highest BCUT2D eigenvalue weighted by Crippen LogP contribution is 2.41. The van der Waals surface area contributed by atoms with Crippen molar-refractivity contribution in [2.75, 3.05) is 12.5 Å². The molecule has 0 bridgehead atoms. The number of hydrogen-bond donors (Lipinski definition) is 1. The number of nitrogens with zero attached hydrogens (tertiary/aromatic N) is 1. The van der Waals surface area contributed by atoms with E-state index in [1.54, 1.807) is 0 Å². The van der Waals surface area contributed by atoms with Crippen molar-refractivity contribution in [3.05, 3.63) is 26.6 Å². The standard InChI is InChI=1S/C14H19Br2N2/c1-18(12-5-3-2-4-6-12)9-10-7-11(15)8-13(16)14(10)17-18/h7-8,12,17H,2-6,9H2,1H3/q+1. The summed E-state index contributed by atoms with van der Waals surface area (Å²) in [5.41, 5.74) is 6.45. The summed E-state index contributed by atoms with van der Waals surface area (Å²) in [5, 5.41) is 0. The molecule has 1 heterocycles. The normalized spacial score (nSPS) is 27.9. The summed E-state index contributed by atoms with van der Waals surface area (Å²) in [7, 11) is 2.34. The molecular formula is C14H19Br2N2+. The predicted octanol–water partition coefficient (Wildman–Crippen LogP) is 4.83. The molecule has 1 saturated carbocycles. The molecule has 1 aromatic rings. The lowest BCUT2D eigenvalue weighted by atomic mass is 9.94. The van der Waals surface area contributed by atoms with Gasteiger partial charge >= 0.3 is 0 Å². The maximum Gasteiger partial charge on any atom is 0.129 e. The zero-order valence-electron chi connectivity index (χ0n) is 10.7. The molecular weight excluding hydrogens is 356 g/mol. The molecule has 0 aromatic heterocycles. The fourth-order valence-electron chi connectivity index (χ4n) is 3.40. The zero-order chi connectivity index (χ0) is 12.8. The van der Waals surface area contributed by atoms with E-state index < -0.39 is 0 Å². The molecule has 0 amide bonds. The van der Waals surface area contributed by atoms with E-state index >= 15 is 0 Å². The van der Waals surface area contributed by atoms with Crippen LogP contribution < -0.4 is 5.43 Å². The van der Waals surface area contributed by atoms with Gasteiger partial charge in [0.25, 0.3) is 0 Å². The maximum atomic E-state index is 3.75. The second kappa shape index (κ2) is 4.80. The van der Waals surface area contributed by atoms with Crippen molar-refractivity contribution in [3.63, 3.8) is 0 Å². The Labute approximate surface area is 126 Å². The van der Waals surface area contributed by atoms with E-state index in [0.29, 0.717) is 0 Å². The fourth-order valence-corrected chi connectivity index (χ4v) is 4.80. The Hall–Kier alpha value is -0.0600. The first-order valence-electron chi connectivity index (χ1n) is 6.70. The minimum absolute atomic E-state index is 0.761. The van der Waals surface area contributed by atoms with Gasteiger partial charge in [-0.1, -0.05) is 22.4 Å². The Morgan fingerprint density at radius 3 is 2.61 bits per heavy atom. The molecule has 1 aliphatic heterocycles. The molecule has 0 radical (unpaired) electrons. The van der Waals surface area contributed by atoms with Crippen LogP contribution in [-0.4, -0.2) is 17.7 Å². The first-order valence-corrected chi connectivity index (χ1v) is 8.28. The van der Waals surface area contributed by atoms with E-state index in [-0.39, 0.29) is 0 Å². The van der Waals surface area contributed by atoms with Crippen molar-refractivity contribution in [2.24, 2.45) is 0 Å². The Balaban J connectivity index is 1.89. The van der Waals surface area contributed by atoms with Gasteiger partial charge in [-0.05, 0) is 40.9 Å². The van der Waals surface area contributed by atoms with E-state index in [9.17, 15) is 0 Å². The Kier molecular flexibility index (Phi) is 3.45. The molecule has 1 fully saturated rings. The van der Waals surface area contributed by atoms with Crippen LogP contribution in [0.2, 0.25) is 0 Å². The fraction of sp³-hybridized carbons (Fsp3) is 0.571. The van der Waals surface area contributed by atoms with Crippen LogP contribution in [0.25, 0.3) is 0 Å². The number of fused-ring (bicyclic) bond motifs is 1. The largest absolute Gasteiger partial charge is 0.235 e. The lowest BCUT2D eigenvalue weighted by Crippen LogP contribution is -2.53. The topological polar surface area (TPSA) is 12.0 Å². The van der Waals surface area contributed by atoms with E-state index in [0.717, 1.165) is 21.7 Å². The Morgan fingerprint density at radius 1 is 1.17 bits per heavy atom. The van der Waals surface area contributed by atoms with Gasteiger partial charge in [-0.3, -0.25) is 0 Å². The molecule has 98 valence electrons. The van der Waals surface area contributed by atoms with Gasteiger partial charge in [0, 0.05) is 27.4 Å². The van der Waals surface area contributed by atoms with Gasteiger partial charge in [0.1, 0.15) is 18.3 Å². The highest BCUT2D eigenvalue weighted by molar-refractivity contribution is 9.11. The summed E-state index contributed by atoms with van der Waals surface area (Å²) in [5.74, 6) is 0. The van der Waals surface area contributed by atoms with Crippen LogP contribution in [0.5, 0.6) is 0 Å². The average molecular weight is 375 g/mol. The van der Waals surface area contributed by atoms with Crippen LogP contribution in [0.3, 0.4) is 0 Å². The number of quaternary nitrogens is 1. The van der Waals surface area contributed by atoms with Crippen LogP contribution in [0.15, 0.2) is 21.1 Å². The van der Waals surface area contributed by atoms with E-state index in [1.807, 2.05) is 0 Å². The number of nitrogens with one attached hydrogen (secondary N) is 1. The summed E-state index contributed by atoms with van der Waals surface area (Å²) < 4.78 is 3.31. The molecule has 1 atom stereocenters. The third-order valence-electron chi connectivity index (χ3n) is 4.38. The van der Waals surface area contributed by atoms with Gasteiger partial charge in [0.15, 0.2) is 0 Å². The highest BCUT2D eigenvalue weighted by atomic mass is 79.9. The zero-order valence-corrected chi connectivity index (χ0v) is 13.8. The van der Waals surface area contributed by atoms with Crippen molar-refractivity contribution >= 4 is 37.5 Å². The monoisotopic (exact) mass is 373 g/mol. The minimum Gasteiger partial charge on any atom is -0.235 e. The first kappa shape index (κ1) is 12.9. The van der Waals surface area contributed by atoms with E-state index in [2.05, 4.69) is 56.5 Å². The van der Waals surface area contributed by atoms with E-state index in [4.69, 9.17) is 0 Å². The Bertz CT molecular complexity index is 469. The minimum atomic E-state index is 0.761. The van der Waals surface area contributed by atoms with Crippen molar-refractivity contribution < 1.29 is 4.59 Å². The van der Waals surface area contributed by atoms with Crippen LogP contribution in [0, 0.1) is 0 Å². The smallest absolute Gasteiger partial charge is 0.129 e. The number of anilines is 1. The quantitative estimate of drug-likeness (QED) is 0.694. The molecule has 1 aromatic carbocycles. The van der Waals surface area contributed by atoms with Crippen molar-refractivity contribution in [3.8, 4) is 0 Å². The molecule has 1 N–H and O–H groups in total. The second-order valence-corrected chi connectivity index (χ2v) is 7.52. The van der Waals surface area contributed by atoms with Crippen LogP contribution >= 0.6 is 31.9 Å². The van der Waals surface area contributed by atoms with Crippen molar-refractivity contribution in [1.82, 2.24) is 0 Å². The predicted molar refractivity (Wildman–Crippen MR) is 82.2 cm³/mol. The van der Waals surface area contributed by atoms with Crippen molar-refractivity contribution in [2.45, 2.75) is 44.7 Å². The number of rotatable bonds is 1. The molecule has 2 nitrogen and oxygen atoms in total. The third-order valence-corrected chi connectivity index (χ3v) is 5.47. The number of benzene rings is 1. The second-order valence-electron chi connectivity index (χ2n) is 5.75. The molecule has 18 heavy (non-hydrogen) atoms. The summed E-state index contributed by atoms with van der Waals surface area (Å²) in [6.07, 6.45) is 6.91. The summed E-state index contributed by atoms with van der Waals surface area (Å²) >= 11 is 7.26. The molecule has 0 spiro atoms. The van der Waals surface area contributed by atoms with Crippen LogP contribution in [0.4, 0.5) is 5.69 Å². The van der Waals surface area contributed by atoms with Gasteiger partial charge in [0.2, 0.25) is 0 Å². The molecule has 2 aliphatic rings. The van der Waals surface area contributed by atoms with Gasteiger partial charge in [0.05, 0.1) is 7.05 Å². The molecule has 1 aliphatic carbocycles. The molecule has 3 rings (SSSR count). The van der Waals surface area contributed by atoms with Gasteiger partial charge in [-0.15, -0.1) is 0 Å². The summed E-state index contributed by atoms with van der Waals surface area (Å²) in [6, 6.07) is 5.14. The lowest BCUT2D eigenvalue weighted by Gasteiger charge is -2.39. The van der Waals surface area contributed by atoms with E-state index in [1.165, 1.54) is 47.8 Å². The Morgan fingerprint density at radius 2 is 1.89 bits per heavy atom. The van der Waals surface area contributed by atoms with Gasteiger partial charge in [-0.2, -0.15) is 0 Å². The third kappa shape index (κ3) is 2.23. The average Bonchev–Trinajstić information content (AvgIpc) is 2.69. The van der Waals surface area contributed by atoms with Crippen LogP contribution in [-0.2, 0) is 6.54 Å². The highest BCUT2D eigenvalue weighted by Gasteiger charge is 2.40. The number of halogens is 2. The molecule has 4 heteroatoms. The van der Waals surface area contributed by atoms with Crippen molar-refractivity contribution in [1.29, 1.82) is 0 Å². The SMILES string of the molecule is C[N+]1(C2CCCCC2)Cc2cc(Br)cc(Br)c2N1. The summed E-state index contributed by atoms with van der Waals surface area (Å²) in [6.45, 7) is 1.10. The lowest BCUT2D eigenvalue weighted by molar-refractivity contribution is -0.922. The first-order chi connectivity index (χ1) is 8.58. The molecule has 1 unspecified atom stereocenters. The molecule has 0 saturated heterocycles.